The monoisotopic (exact) mass is 356 g/mol. The Labute approximate surface area is 152 Å². The van der Waals surface area contributed by atoms with E-state index >= 15 is 0 Å². The fraction of sp³-hybridized carbons (Fsp3) is 0.619. The molecule has 1 aromatic rings. The first-order chi connectivity index (χ1) is 12.4. The van der Waals surface area contributed by atoms with E-state index in [1.807, 2.05) is 0 Å². The number of hydrogen-bond acceptors (Lipinski definition) is 5. The summed E-state index contributed by atoms with van der Waals surface area (Å²) >= 11 is 0. The molecule has 5 nitrogen and oxygen atoms in total. The lowest BCUT2D eigenvalue weighted by Crippen LogP contribution is -2.56. The van der Waals surface area contributed by atoms with Crippen molar-refractivity contribution in [2.45, 2.75) is 56.1 Å². The zero-order valence-electron chi connectivity index (χ0n) is 15.0. The number of ketones is 1. The van der Waals surface area contributed by atoms with Gasteiger partial charge in [0.05, 0.1) is 7.11 Å². The Morgan fingerprint density at radius 2 is 1.73 bits per heavy atom. The number of fused-ring (bicyclic) bond motifs is 1. The van der Waals surface area contributed by atoms with Crippen molar-refractivity contribution in [3.8, 4) is 5.75 Å². The average molecular weight is 356 g/mol. The number of benzene rings is 1. The zero-order chi connectivity index (χ0) is 18.1. The highest BCUT2D eigenvalue weighted by Gasteiger charge is 2.58. The lowest BCUT2D eigenvalue weighted by atomic mass is 9.54. The molecule has 1 N–H and O–H groups in total. The smallest absolute Gasteiger partial charge is 0.347 e. The molecule has 5 aliphatic rings. The number of carbonyl (C=O) groups excluding carboxylic acids is 2. The van der Waals surface area contributed by atoms with Gasteiger partial charge in [0.2, 0.25) is 11.4 Å². The summed E-state index contributed by atoms with van der Waals surface area (Å²) < 4.78 is 11.3. The molecule has 4 saturated carbocycles. The molecule has 0 amide bonds. The van der Waals surface area contributed by atoms with Crippen molar-refractivity contribution in [1.82, 2.24) is 0 Å². The Balaban J connectivity index is 1.42. The van der Waals surface area contributed by atoms with Gasteiger partial charge in [-0.2, -0.15) is 0 Å². The quantitative estimate of drug-likeness (QED) is 0.666. The van der Waals surface area contributed by atoms with Crippen LogP contribution in [-0.2, 0) is 16.0 Å². The number of Topliss-reactive ketones (excluding diaryl/α,β-unsaturated/α-hetero) is 1. The van der Waals surface area contributed by atoms with Crippen molar-refractivity contribution in [2.75, 3.05) is 7.11 Å². The van der Waals surface area contributed by atoms with Gasteiger partial charge in [-0.25, -0.2) is 4.79 Å². The Bertz CT molecular complexity index is 762. The standard InChI is InChI=1S/C21H24O5/c1-25-17-4-2-3-15-16(17)11-21(24,18(15)22)19(23)26-20-8-12-5-13(9-20)7-14(6-12)10-20/h2-4,12-14,24H,5-11H2,1H3/t12?,13?,14?,20?,21-/m0/s1. The van der Waals surface area contributed by atoms with Crippen LogP contribution in [0.4, 0.5) is 0 Å². The molecule has 0 unspecified atom stereocenters. The maximum Gasteiger partial charge on any atom is 0.347 e. The van der Waals surface area contributed by atoms with E-state index in [0.717, 1.165) is 19.3 Å². The van der Waals surface area contributed by atoms with E-state index in [1.165, 1.54) is 26.4 Å². The molecule has 138 valence electrons. The molecule has 0 spiro atoms. The summed E-state index contributed by atoms with van der Waals surface area (Å²) in [4.78, 5) is 25.8. The highest BCUT2D eigenvalue weighted by atomic mass is 16.6. The molecule has 26 heavy (non-hydrogen) atoms. The molecule has 4 bridgehead atoms. The topological polar surface area (TPSA) is 72.8 Å². The highest BCUT2D eigenvalue weighted by molar-refractivity contribution is 6.19. The number of ether oxygens (including phenoxy) is 2. The minimum absolute atomic E-state index is 0.0730. The summed E-state index contributed by atoms with van der Waals surface area (Å²) in [7, 11) is 1.52. The van der Waals surface area contributed by atoms with E-state index in [0.29, 0.717) is 34.6 Å². The summed E-state index contributed by atoms with van der Waals surface area (Å²) in [6.07, 6.45) is 6.28. The zero-order valence-corrected chi connectivity index (χ0v) is 15.0. The highest BCUT2D eigenvalue weighted by Crippen LogP contribution is 2.57. The Kier molecular flexibility index (Phi) is 3.34. The van der Waals surface area contributed by atoms with Crippen molar-refractivity contribution >= 4 is 11.8 Å². The van der Waals surface area contributed by atoms with Crippen molar-refractivity contribution in [3.05, 3.63) is 29.3 Å². The molecule has 4 fully saturated rings. The van der Waals surface area contributed by atoms with Crippen LogP contribution < -0.4 is 4.74 Å². The maximum absolute atomic E-state index is 13.0. The van der Waals surface area contributed by atoms with E-state index in [4.69, 9.17) is 9.47 Å². The van der Waals surface area contributed by atoms with Gasteiger partial charge in [-0.1, -0.05) is 12.1 Å². The Hall–Kier alpha value is -1.88. The Morgan fingerprint density at radius 3 is 2.31 bits per heavy atom. The van der Waals surface area contributed by atoms with Crippen molar-refractivity contribution < 1.29 is 24.2 Å². The third-order valence-electron chi connectivity index (χ3n) is 7.03. The summed E-state index contributed by atoms with van der Waals surface area (Å²) in [5.41, 5.74) is -1.65. The SMILES string of the molecule is COc1cccc2c1C[C@@](O)(C(=O)OC13CC4CC(CC(C4)C1)C3)C2=O. The normalized spacial score (nSPS) is 39.8. The molecule has 1 atom stereocenters. The van der Waals surface area contributed by atoms with Crippen molar-refractivity contribution in [2.24, 2.45) is 17.8 Å². The van der Waals surface area contributed by atoms with Crippen LogP contribution in [0.3, 0.4) is 0 Å². The maximum atomic E-state index is 13.0. The number of hydrogen-bond donors (Lipinski definition) is 1. The molecule has 6 rings (SSSR count). The summed E-state index contributed by atoms with van der Waals surface area (Å²) in [5.74, 6) is 1.05. The van der Waals surface area contributed by atoms with Crippen LogP contribution in [0.25, 0.3) is 0 Å². The van der Waals surface area contributed by atoms with Crippen LogP contribution in [0.2, 0.25) is 0 Å². The number of methoxy groups -OCH3 is 1. The Morgan fingerprint density at radius 1 is 1.12 bits per heavy atom. The van der Waals surface area contributed by atoms with Gasteiger partial charge in [-0.3, -0.25) is 4.79 Å². The van der Waals surface area contributed by atoms with Crippen LogP contribution in [0.5, 0.6) is 5.75 Å². The minimum Gasteiger partial charge on any atom is -0.496 e. The molecule has 0 radical (unpaired) electrons. The van der Waals surface area contributed by atoms with E-state index in [-0.39, 0.29) is 6.42 Å². The predicted octanol–water partition coefficient (Wildman–Crippen LogP) is 2.68. The molecular weight excluding hydrogens is 332 g/mol. The average Bonchev–Trinajstić information content (AvgIpc) is 2.86. The lowest BCUT2D eigenvalue weighted by Gasteiger charge is -2.56. The van der Waals surface area contributed by atoms with Crippen molar-refractivity contribution in [3.63, 3.8) is 0 Å². The van der Waals surface area contributed by atoms with Gasteiger partial charge in [0.15, 0.2) is 0 Å². The molecule has 0 saturated heterocycles. The van der Waals surface area contributed by atoms with Crippen LogP contribution in [0, 0.1) is 17.8 Å². The van der Waals surface area contributed by atoms with Gasteiger partial charge in [0.1, 0.15) is 11.4 Å². The summed E-state index contributed by atoms with van der Waals surface area (Å²) in [6.45, 7) is 0. The van der Waals surface area contributed by atoms with Crippen LogP contribution >= 0.6 is 0 Å². The lowest BCUT2D eigenvalue weighted by molar-refractivity contribution is -0.199. The summed E-state index contributed by atoms with van der Waals surface area (Å²) in [6, 6.07) is 5.07. The molecule has 0 heterocycles. The van der Waals surface area contributed by atoms with Gasteiger partial charge >= 0.3 is 5.97 Å². The molecule has 5 heteroatoms. The first-order valence-electron chi connectivity index (χ1n) is 9.59. The molecule has 5 aliphatic carbocycles. The van der Waals surface area contributed by atoms with Gasteiger partial charge in [-0.05, 0) is 62.3 Å². The van der Waals surface area contributed by atoms with E-state index in [9.17, 15) is 14.7 Å². The van der Waals surface area contributed by atoms with Gasteiger partial charge in [0, 0.05) is 17.5 Å². The van der Waals surface area contributed by atoms with E-state index < -0.39 is 23.0 Å². The van der Waals surface area contributed by atoms with Gasteiger partial charge in [-0.15, -0.1) is 0 Å². The second-order valence-corrected chi connectivity index (χ2v) is 8.84. The first-order valence-corrected chi connectivity index (χ1v) is 9.59. The second kappa shape index (κ2) is 5.32. The first kappa shape index (κ1) is 16.3. The molecule has 0 aliphatic heterocycles. The van der Waals surface area contributed by atoms with Gasteiger partial charge in [0.25, 0.3) is 0 Å². The van der Waals surface area contributed by atoms with Crippen LogP contribution in [0.15, 0.2) is 18.2 Å². The third kappa shape index (κ3) is 2.19. The largest absolute Gasteiger partial charge is 0.496 e. The minimum atomic E-state index is -2.12. The van der Waals surface area contributed by atoms with Gasteiger partial charge < -0.3 is 14.6 Å². The van der Waals surface area contributed by atoms with Crippen molar-refractivity contribution in [1.29, 1.82) is 0 Å². The summed E-state index contributed by atoms with van der Waals surface area (Å²) in [5, 5.41) is 11.0. The van der Waals surface area contributed by atoms with Crippen LogP contribution in [0.1, 0.15) is 54.4 Å². The fourth-order valence-corrected chi connectivity index (χ4v) is 6.31. The second-order valence-electron chi connectivity index (χ2n) is 8.84. The fourth-order valence-electron chi connectivity index (χ4n) is 6.31. The van der Waals surface area contributed by atoms with Crippen LogP contribution in [-0.4, -0.2) is 35.2 Å². The number of esters is 1. The molecular formula is C21H24O5. The predicted molar refractivity (Wildman–Crippen MR) is 93.0 cm³/mol. The van der Waals surface area contributed by atoms with E-state index in [1.54, 1.807) is 18.2 Å². The number of rotatable bonds is 3. The number of carbonyl (C=O) groups is 2. The third-order valence-corrected chi connectivity index (χ3v) is 7.03. The number of aliphatic hydroxyl groups is 1. The molecule has 1 aromatic carbocycles. The molecule has 0 aromatic heterocycles. The van der Waals surface area contributed by atoms with E-state index in [2.05, 4.69) is 0 Å².